The molecule has 0 bridgehead atoms. The van der Waals surface area contributed by atoms with Crippen LogP contribution in [0, 0.1) is 0 Å². The Labute approximate surface area is 122 Å². The summed E-state index contributed by atoms with van der Waals surface area (Å²) >= 11 is 0. The fourth-order valence-electron chi connectivity index (χ4n) is 2.12. The Morgan fingerprint density at radius 1 is 1.10 bits per heavy atom. The quantitative estimate of drug-likeness (QED) is 0.535. The highest BCUT2D eigenvalue weighted by Crippen LogP contribution is 2.25. The van der Waals surface area contributed by atoms with Crippen molar-refractivity contribution in [3.8, 4) is 5.75 Å². The summed E-state index contributed by atoms with van der Waals surface area (Å²) < 4.78 is 5.19. The Bertz CT molecular complexity index is 413. The zero-order chi connectivity index (χ0) is 14.8. The molecule has 0 aliphatic rings. The predicted molar refractivity (Wildman–Crippen MR) is 81.1 cm³/mol. The van der Waals surface area contributed by atoms with Crippen molar-refractivity contribution in [3.63, 3.8) is 0 Å². The Kier molecular flexibility index (Phi) is 7.78. The molecule has 1 N–H and O–H groups in total. The van der Waals surface area contributed by atoms with Crippen LogP contribution in [0.15, 0.2) is 18.2 Å². The molecule has 0 heterocycles. The molecule has 0 saturated heterocycles. The Balaban J connectivity index is 2.60. The van der Waals surface area contributed by atoms with Crippen LogP contribution in [0.25, 0.3) is 0 Å². The van der Waals surface area contributed by atoms with E-state index in [4.69, 9.17) is 4.74 Å². The van der Waals surface area contributed by atoms with Gasteiger partial charge in [-0.25, -0.2) is 4.79 Å². The second kappa shape index (κ2) is 9.40. The Morgan fingerprint density at radius 3 is 2.50 bits per heavy atom. The van der Waals surface area contributed by atoms with Gasteiger partial charge in [0.1, 0.15) is 11.3 Å². The van der Waals surface area contributed by atoms with Gasteiger partial charge in [-0.15, -0.1) is 0 Å². The molecular weight excluding hydrogens is 252 g/mol. The van der Waals surface area contributed by atoms with E-state index >= 15 is 0 Å². The summed E-state index contributed by atoms with van der Waals surface area (Å²) in [5.74, 6) is -0.333. The van der Waals surface area contributed by atoms with E-state index in [1.165, 1.54) is 0 Å². The number of phenols is 1. The summed E-state index contributed by atoms with van der Waals surface area (Å²) in [6.45, 7) is 4.67. The number of benzene rings is 1. The van der Waals surface area contributed by atoms with Crippen LogP contribution in [-0.4, -0.2) is 17.7 Å². The molecule has 0 unspecified atom stereocenters. The van der Waals surface area contributed by atoms with Gasteiger partial charge in [-0.2, -0.15) is 0 Å². The first-order chi connectivity index (χ1) is 9.70. The fraction of sp³-hybridized carbons (Fsp3) is 0.588. The van der Waals surface area contributed by atoms with Crippen molar-refractivity contribution >= 4 is 5.97 Å². The molecule has 0 atom stereocenters. The summed E-state index contributed by atoms with van der Waals surface area (Å²) in [6.07, 6.45) is 7.12. The highest BCUT2D eigenvalue weighted by atomic mass is 16.5. The van der Waals surface area contributed by atoms with Gasteiger partial charge in [0.2, 0.25) is 0 Å². The van der Waals surface area contributed by atoms with E-state index in [0.717, 1.165) is 50.5 Å². The number of ether oxygens (including phenoxy) is 1. The zero-order valence-corrected chi connectivity index (χ0v) is 12.7. The number of hydrogen-bond acceptors (Lipinski definition) is 3. The van der Waals surface area contributed by atoms with Gasteiger partial charge >= 0.3 is 5.97 Å². The number of hydrogen-bond donors (Lipinski definition) is 1. The van der Waals surface area contributed by atoms with Gasteiger partial charge < -0.3 is 9.84 Å². The van der Waals surface area contributed by atoms with Gasteiger partial charge in [0.15, 0.2) is 0 Å². The molecule has 1 aromatic rings. The maximum absolute atomic E-state index is 11.9. The number of carbonyl (C=O) groups excluding carboxylic acids is 1. The second-order valence-corrected chi connectivity index (χ2v) is 5.11. The van der Waals surface area contributed by atoms with Gasteiger partial charge in [-0.3, -0.25) is 0 Å². The van der Waals surface area contributed by atoms with Crippen LogP contribution in [-0.2, 0) is 11.2 Å². The molecule has 1 rings (SSSR count). The van der Waals surface area contributed by atoms with Crippen LogP contribution in [0.1, 0.15) is 68.3 Å². The van der Waals surface area contributed by atoms with Gasteiger partial charge in [0.25, 0.3) is 0 Å². The molecule has 1 aromatic carbocycles. The van der Waals surface area contributed by atoms with Crippen LogP contribution in [0.5, 0.6) is 5.75 Å². The summed E-state index contributed by atoms with van der Waals surface area (Å²) in [5, 5.41) is 10.2. The Morgan fingerprint density at radius 2 is 1.80 bits per heavy atom. The predicted octanol–water partition coefficient (Wildman–Crippen LogP) is 4.47. The first-order valence-corrected chi connectivity index (χ1v) is 7.68. The number of para-hydroxylation sites is 1. The summed E-state index contributed by atoms with van der Waals surface area (Å²) in [7, 11) is 0. The Hall–Kier alpha value is -1.51. The molecule has 20 heavy (non-hydrogen) atoms. The standard InChI is InChI=1S/C17H26O3/c1-3-5-7-10-14-11-9-12-15(16(14)18)17(19)20-13-8-6-4-2/h9,11-12,18H,3-8,10,13H2,1-2H3. The maximum atomic E-state index is 11.9. The average molecular weight is 278 g/mol. The third kappa shape index (κ3) is 5.24. The van der Waals surface area contributed by atoms with E-state index in [9.17, 15) is 9.90 Å². The minimum absolute atomic E-state index is 0.0871. The first kappa shape index (κ1) is 16.5. The number of rotatable bonds is 9. The molecule has 0 radical (unpaired) electrons. The number of esters is 1. The maximum Gasteiger partial charge on any atom is 0.341 e. The highest BCUT2D eigenvalue weighted by Gasteiger charge is 2.15. The lowest BCUT2D eigenvalue weighted by Crippen LogP contribution is -2.07. The van der Waals surface area contributed by atoms with E-state index in [1.54, 1.807) is 6.07 Å². The molecule has 3 heteroatoms. The van der Waals surface area contributed by atoms with Crippen molar-refractivity contribution < 1.29 is 14.6 Å². The van der Waals surface area contributed by atoms with Crippen molar-refractivity contribution in [2.45, 2.75) is 58.8 Å². The van der Waals surface area contributed by atoms with Crippen molar-refractivity contribution in [2.24, 2.45) is 0 Å². The van der Waals surface area contributed by atoms with Crippen molar-refractivity contribution in [1.82, 2.24) is 0 Å². The fourth-order valence-corrected chi connectivity index (χ4v) is 2.12. The summed E-state index contributed by atoms with van der Waals surface area (Å²) in [6, 6.07) is 5.31. The molecule has 0 aliphatic heterocycles. The summed E-state index contributed by atoms with van der Waals surface area (Å²) in [4.78, 5) is 11.9. The van der Waals surface area contributed by atoms with E-state index in [1.807, 2.05) is 12.1 Å². The molecule has 0 amide bonds. The smallest absolute Gasteiger partial charge is 0.341 e. The lowest BCUT2D eigenvalue weighted by atomic mass is 10.0. The third-order valence-electron chi connectivity index (χ3n) is 3.37. The van der Waals surface area contributed by atoms with Crippen molar-refractivity contribution in [2.75, 3.05) is 6.61 Å². The molecule has 0 spiro atoms. The normalized spacial score (nSPS) is 10.5. The molecular formula is C17H26O3. The minimum atomic E-state index is -0.420. The number of aryl methyl sites for hydroxylation is 1. The third-order valence-corrected chi connectivity index (χ3v) is 3.37. The largest absolute Gasteiger partial charge is 0.507 e. The first-order valence-electron chi connectivity index (χ1n) is 7.68. The lowest BCUT2D eigenvalue weighted by molar-refractivity contribution is 0.0494. The molecule has 0 aliphatic carbocycles. The molecule has 0 saturated carbocycles. The number of aromatic hydroxyl groups is 1. The van der Waals surface area contributed by atoms with E-state index in [2.05, 4.69) is 13.8 Å². The molecule has 112 valence electrons. The second-order valence-electron chi connectivity index (χ2n) is 5.11. The summed E-state index contributed by atoms with van der Waals surface area (Å²) in [5.41, 5.74) is 1.12. The number of carbonyl (C=O) groups is 1. The highest BCUT2D eigenvalue weighted by molar-refractivity contribution is 5.92. The van der Waals surface area contributed by atoms with Crippen molar-refractivity contribution in [1.29, 1.82) is 0 Å². The van der Waals surface area contributed by atoms with Gasteiger partial charge in [-0.1, -0.05) is 51.7 Å². The number of unbranched alkanes of at least 4 members (excludes halogenated alkanes) is 4. The van der Waals surface area contributed by atoms with Crippen LogP contribution >= 0.6 is 0 Å². The molecule has 0 aromatic heterocycles. The van der Waals surface area contributed by atoms with E-state index < -0.39 is 5.97 Å². The van der Waals surface area contributed by atoms with Crippen LogP contribution in [0.4, 0.5) is 0 Å². The van der Waals surface area contributed by atoms with Crippen LogP contribution in [0.3, 0.4) is 0 Å². The zero-order valence-electron chi connectivity index (χ0n) is 12.7. The minimum Gasteiger partial charge on any atom is -0.507 e. The van der Waals surface area contributed by atoms with Crippen LogP contribution < -0.4 is 0 Å². The topological polar surface area (TPSA) is 46.5 Å². The lowest BCUT2D eigenvalue weighted by Gasteiger charge is -2.09. The van der Waals surface area contributed by atoms with Gasteiger partial charge in [-0.05, 0) is 30.9 Å². The monoisotopic (exact) mass is 278 g/mol. The van der Waals surface area contributed by atoms with E-state index in [0.29, 0.717) is 6.61 Å². The van der Waals surface area contributed by atoms with Gasteiger partial charge in [0.05, 0.1) is 6.61 Å². The SMILES string of the molecule is CCCCCOC(=O)c1cccc(CCCCC)c1O. The molecule has 0 fully saturated rings. The van der Waals surface area contributed by atoms with Crippen molar-refractivity contribution in [3.05, 3.63) is 29.3 Å². The number of phenolic OH excluding ortho intramolecular Hbond substituents is 1. The molecule has 3 nitrogen and oxygen atoms in total. The average Bonchev–Trinajstić information content (AvgIpc) is 2.45. The van der Waals surface area contributed by atoms with E-state index in [-0.39, 0.29) is 11.3 Å². The van der Waals surface area contributed by atoms with Crippen LogP contribution in [0.2, 0.25) is 0 Å². The van der Waals surface area contributed by atoms with Gasteiger partial charge in [0, 0.05) is 0 Å².